The van der Waals surface area contributed by atoms with Gasteiger partial charge in [-0.1, -0.05) is 12.8 Å². The van der Waals surface area contributed by atoms with Crippen LogP contribution in [0.25, 0.3) is 0 Å². The van der Waals surface area contributed by atoms with E-state index in [0.29, 0.717) is 12.8 Å². The van der Waals surface area contributed by atoms with Gasteiger partial charge in [-0.05, 0) is 6.42 Å². The van der Waals surface area contributed by atoms with Crippen LogP contribution in [0.5, 0.6) is 0 Å². The van der Waals surface area contributed by atoms with Crippen LogP contribution in [0, 0.1) is 6.42 Å². The van der Waals surface area contributed by atoms with Crippen LogP contribution in [-0.2, 0) is 9.59 Å². The molecule has 0 saturated carbocycles. The summed E-state index contributed by atoms with van der Waals surface area (Å²) < 4.78 is 0. The van der Waals surface area contributed by atoms with Crippen LogP contribution >= 0.6 is 0 Å². The fourth-order valence-corrected chi connectivity index (χ4v) is 1.11. The largest absolute Gasteiger partial charge is 1.00 e. The van der Waals surface area contributed by atoms with Gasteiger partial charge >= 0.3 is 63.3 Å². The van der Waals surface area contributed by atoms with Crippen molar-refractivity contribution in [2.75, 3.05) is 0 Å². The van der Waals surface area contributed by atoms with Gasteiger partial charge in [0, 0.05) is 12.8 Å². The first-order chi connectivity index (χ1) is 6.63. The van der Waals surface area contributed by atoms with Crippen LogP contribution in [0.4, 0.5) is 0 Å². The minimum atomic E-state index is -0.771. The van der Waals surface area contributed by atoms with Crippen LogP contribution in [0.3, 0.4) is 0 Å². The third-order valence-corrected chi connectivity index (χ3v) is 1.86. The number of unbranched alkanes of at least 4 members (excludes halogenated alkanes) is 5. The zero-order valence-electron chi connectivity index (χ0n) is 9.24. The SMILES string of the molecule is O=C(O)CC[CH-]CCCCCC(=O)O.[K+]. The number of carboxylic acid groups (broad SMARTS) is 2. The van der Waals surface area contributed by atoms with Crippen LogP contribution in [0.2, 0.25) is 0 Å². The topological polar surface area (TPSA) is 74.6 Å². The number of aliphatic carboxylic acids is 2. The first-order valence-corrected chi connectivity index (χ1v) is 4.88. The van der Waals surface area contributed by atoms with Gasteiger partial charge in [0.2, 0.25) is 0 Å². The molecule has 0 atom stereocenters. The maximum atomic E-state index is 10.1. The predicted octanol–water partition coefficient (Wildman–Crippen LogP) is -0.905. The minimum absolute atomic E-state index is 0. The van der Waals surface area contributed by atoms with Crippen LogP contribution in [0.15, 0.2) is 0 Å². The van der Waals surface area contributed by atoms with Gasteiger partial charge in [0.05, 0.1) is 0 Å². The first kappa shape index (κ1) is 18.0. The summed E-state index contributed by atoms with van der Waals surface area (Å²) in [5.74, 6) is -1.52. The molecule has 0 heterocycles. The fourth-order valence-electron chi connectivity index (χ4n) is 1.11. The average Bonchev–Trinajstić information content (AvgIpc) is 2.08. The fraction of sp³-hybridized carbons (Fsp3) is 0.700. The predicted molar refractivity (Wildman–Crippen MR) is 51.9 cm³/mol. The molecule has 15 heavy (non-hydrogen) atoms. The second-order valence-electron chi connectivity index (χ2n) is 3.21. The Labute approximate surface area is 133 Å². The third-order valence-electron chi connectivity index (χ3n) is 1.86. The van der Waals surface area contributed by atoms with Crippen LogP contribution in [-0.4, -0.2) is 22.2 Å². The minimum Gasteiger partial charge on any atom is -0.481 e. The molecule has 2 N–H and O–H groups in total. The number of hydrogen-bond donors (Lipinski definition) is 2. The van der Waals surface area contributed by atoms with Gasteiger partial charge in [0.15, 0.2) is 0 Å². The van der Waals surface area contributed by atoms with E-state index in [-0.39, 0.29) is 64.2 Å². The van der Waals surface area contributed by atoms with Crippen molar-refractivity contribution < 1.29 is 71.2 Å². The number of hydrogen-bond acceptors (Lipinski definition) is 2. The van der Waals surface area contributed by atoms with Gasteiger partial charge in [-0.3, -0.25) is 9.59 Å². The Morgan fingerprint density at radius 3 is 2.00 bits per heavy atom. The van der Waals surface area contributed by atoms with Gasteiger partial charge in [0.25, 0.3) is 0 Å². The van der Waals surface area contributed by atoms with Crippen molar-refractivity contribution in [2.24, 2.45) is 0 Å². The summed E-state index contributed by atoms with van der Waals surface area (Å²) in [6, 6.07) is 0. The molecule has 0 aliphatic carbocycles. The Balaban J connectivity index is 0. The molecule has 0 aliphatic heterocycles. The molecule has 0 aromatic heterocycles. The second kappa shape index (κ2) is 12.6. The second-order valence-corrected chi connectivity index (χ2v) is 3.21. The van der Waals surface area contributed by atoms with E-state index >= 15 is 0 Å². The summed E-state index contributed by atoms with van der Waals surface area (Å²) >= 11 is 0. The van der Waals surface area contributed by atoms with Crippen molar-refractivity contribution in [3.05, 3.63) is 6.42 Å². The molecule has 0 spiro atoms. The van der Waals surface area contributed by atoms with E-state index < -0.39 is 11.9 Å². The van der Waals surface area contributed by atoms with E-state index in [1.807, 2.05) is 6.42 Å². The number of rotatable bonds is 9. The van der Waals surface area contributed by atoms with Gasteiger partial charge in [-0.15, -0.1) is 0 Å². The van der Waals surface area contributed by atoms with E-state index in [4.69, 9.17) is 10.2 Å². The van der Waals surface area contributed by atoms with E-state index in [1.165, 1.54) is 0 Å². The summed E-state index contributed by atoms with van der Waals surface area (Å²) in [5.41, 5.74) is 0. The Morgan fingerprint density at radius 1 is 0.867 bits per heavy atom. The van der Waals surface area contributed by atoms with E-state index in [9.17, 15) is 9.59 Å². The van der Waals surface area contributed by atoms with Gasteiger partial charge in [0.1, 0.15) is 0 Å². The summed E-state index contributed by atoms with van der Waals surface area (Å²) in [5, 5.41) is 16.7. The molecule has 5 heteroatoms. The van der Waals surface area contributed by atoms with Crippen molar-refractivity contribution in [2.45, 2.75) is 44.9 Å². The molecular formula is C10H17KO4. The molecule has 0 amide bonds. The maximum absolute atomic E-state index is 10.1. The standard InChI is InChI=1S/C10H17O4.K/c11-9(12)7-5-3-1-2-4-6-8-10(13)14;/h3H,1-2,4-8H2,(H,11,12)(H,13,14);/q-1;+1. The molecule has 0 radical (unpaired) electrons. The molecule has 0 aromatic rings. The van der Waals surface area contributed by atoms with E-state index in [2.05, 4.69) is 0 Å². The Kier molecular flexibility index (Phi) is 15.1. The van der Waals surface area contributed by atoms with Crippen molar-refractivity contribution in [3.8, 4) is 0 Å². The van der Waals surface area contributed by atoms with Crippen LogP contribution in [0.1, 0.15) is 44.9 Å². The Hall–Kier alpha value is 0.576. The molecular weight excluding hydrogens is 223 g/mol. The molecule has 0 aromatic carbocycles. The van der Waals surface area contributed by atoms with Gasteiger partial charge in [-0.25, -0.2) is 0 Å². The third kappa shape index (κ3) is 17.2. The van der Waals surface area contributed by atoms with E-state index in [0.717, 1.165) is 19.3 Å². The van der Waals surface area contributed by atoms with Crippen molar-refractivity contribution in [1.29, 1.82) is 0 Å². The molecule has 0 rings (SSSR count). The van der Waals surface area contributed by atoms with Crippen molar-refractivity contribution in [3.63, 3.8) is 0 Å². The molecule has 4 nitrogen and oxygen atoms in total. The Morgan fingerprint density at radius 2 is 1.47 bits per heavy atom. The first-order valence-electron chi connectivity index (χ1n) is 4.88. The van der Waals surface area contributed by atoms with Gasteiger partial charge in [-0.2, -0.15) is 12.8 Å². The zero-order valence-corrected chi connectivity index (χ0v) is 12.4. The van der Waals surface area contributed by atoms with Gasteiger partial charge < -0.3 is 16.6 Å². The average molecular weight is 240 g/mol. The summed E-state index contributed by atoms with van der Waals surface area (Å²) in [6.07, 6.45) is 6.42. The smallest absolute Gasteiger partial charge is 0.481 e. The molecule has 0 saturated heterocycles. The van der Waals surface area contributed by atoms with Crippen molar-refractivity contribution >= 4 is 11.9 Å². The monoisotopic (exact) mass is 240 g/mol. The number of carbonyl (C=O) groups is 2. The molecule has 0 unspecified atom stereocenters. The van der Waals surface area contributed by atoms with Crippen molar-refractivity contribution in [1.82, 2.24) is 0 Å². The summed E-state index contributed by atoms with van der Waals surface area (Å²) in [7, 11) is 0. The Bertz CT molecular complexity index is 162. The molecule has 82 valence electrons. The summed E-state index contributed by atoms with van der Waals surface area (Å²) in [4.78, 5) is 20.3. The quantitative estimate of drug-likeness (QED) is 0.311. The maximum Gasteiger partial charge on any atom is 1.00 e. The summed E-state index contributed by atoms with van der Waals surface area (Å²) in [6.45, 7) is 0. The zero-order chi connectivity index (χ0) is 10.8. The number of carboxylic acids is 2. The molecule has 0 bridgehead atoms. The molecule has 0 aliphatic rings. The van der Waals surface area contributed by atoms with E-state index in [1.54, 1.807) is 0 Å². The van der Waals surface area contributed by atoms with Crippen LogP contribution < -0.4 is 51.4 Å². The molecule has 0 fully saturated rings. The normalized spacial score (nSPS) is 9.33.